The van der Waals surface area contributed by atoms with Gasteiger partial charge in [-0.05, 0) is 111 Å². The van der Waals surface area contributed by atoms with E-state index in [0.29, 0.717) is 88.6 Å². The van der Waals surface area contributed by atoms with Crippen LogP contribution in [0.25, 0.3) is 76.8 Å². The van der Waals surface area contributed by atoms with E-state index in [1.165, 1.54) is 45.6 Å². The maximum atomic E-state index is 14.3. The number of methoxy groups -OCH3 is 3. The van der Waals surface area contributed by atoms with E-state index in [9.17, 15) is 14.0 Å². The van der Waals surface area contributed by atoms with Gasteiger partial charge in [0.1, 0.15) is 23.3 Å². The molecule has 0 saturated carbocycles. The molecule has 0 spiro atoms. The van der Waals surface area contributed by atoms with Crippen molar-refractivity contribution in [2.24, 2.45) is 0 Å². The Labute approximate surface area is 411 Å². The standard InChI is InChI=1S/C56H35Cl2F2N7O3/c1-68-54-47(30-61)44(35-21-23-62-24-22-35)27-51(65-54)36-11-17-41(18-12-36)63-31-48-46(34-9-15-40(60)16-10-34)29-53(67-56(48)70-3)43-20-19-42(26-50(43)58)64-32-49-45(33-7-13-39(59)14-8-33)28-52(66-55(49)69-2)37-5-4-6-38(57)25-37/h4-29H,1-3H3/q+2. The molecule has 0 N–H and O–H groups in total. The smallest absolute Gasteiger partial charge is 0.342 e. The first-order chi connectivity index (χ1) is 34.1. The van der Waals surface area contributed by atoms with E-state index in [1.807, 2.05) is 54.6 Å². The molecule has 0 radical (unpaired) electrons. The lowest BCUT2D eigenvalue weighted by atomic mass is 9.98. The molecule has 0 amide bonds. The SMILES string of the molecule is COc1nc(-c2ccc([N+]#Cc3c(-c4ccc(F)cc4)cc(-c4ccc([N+]#Cc5c(-c6ccc(F)cc6)cc(-c6cccc(Cl)c6)nc5OC)cc4Cl)nc3OC)cc2)cc(-c2ccncc2)c1C#N. The Hall–Kier alpha value is -8.99. The molecular formula is C56H35Cl2F2N7O3+2. The predicted molar refractivity (Wildman–Crippen MR) is 269 cm³/mol. The molecule has 4 heterocycles. The molecule has 0 bridgehead atoms. The lowest BCUT2D eigenvalue weighted by molar-refractivity contribution is 0.397. The molecule has 0 aliphatic heterocycles. The molecule has 0 atom stereocenters. The van der Waals surface area contributed by atoms with Crippen molar-refractivity contribution in [1.82, 2.24) is 19.9 Å². The second kappa shape index (κ2) is 20.5. The first kappa shape index (κ1) is 46.1. The predicted octanol–water partition coefficient (Wildman–Crippen LogP) is 14.8. The van der Waals surface area contributed by atoms with Crippen LogP contribution in [0.15, 0.2) is 158 Å². The normalized spacial score (nSPS) is 10.5. The molecule has 0 aliphatic carbocycles. The van der Waals surface area contributed by atoms with Gasteiger partial charge in [0.15, 0.2) is 11.1 Å². The number of hydrogen-bond acceptors (Lipinski definition) is 8. The van der Waals surface area contributed by atoms with Gasteiger partial charge in [-0.15, -0.1) is 0 Å². The topological polar surface area (TPSA) is 112 Å². The van der Waals surface area contributed by atoms with Crippen LogP contribution in [0.3, 0.4) is 0 Å². The van der Waals surface area contributed by atoms with Crippen molar-refractivity contribution >= 4 is 34.6 Å². The Morgan fingerprint density at radius 1 is 0.471 bits per heavy atom. The number of hydrogen-bond donors (Lipinski definition) is 0. The molecule has 10 nitrogen and oxygen atoms in total. The van der Waals surface area contributed by atoms with Gasteiger partial charge in [0.2, 0.25) is 17.6 Å². The van der Waals surface area contributed by atoms with Gasteiger partial charge in [0.05, 0.1) is 43.4 Å². The van der Waals surface area contributed by atoms with Gasteiger partial charge in [-0.2, -0.15) is 5.26 Å². The summed E-state index contributed by atoms with van der Waals surface area (Å²) in [6.07, 6.45) is 3.32. The summed E-state index contributed by atoms with van der Waals surface area (Å²) >= 11 is 13.3. The highest BCUT2D eigenvalue weighted by Crippen LogP contribution is 2.40. The fourth-order valence-electron chi connectivity index (χ4n) is 7.62. The number of nitriles is 1. The number of rotatable bonds is 9. The zero-order chi connectivity index (χ0) is 48.7. The van der Waals surface area contributed by atoms with Crippen molar-refractivity contribution in [2.45, 2.75) is 0 Å². The summed E-state index contributed by atoms with van der Waals surface area (Å²) in [4.78, 5) is 27.6. The zero-order valence-electron chi connectivity index (χ0n) is 37.4. The van der Waals surface area contributed by atoms with E-state index >= 15 is 0 Å². The van der Waals surface area contributed by atoms with Crippen LogP contribution < -0.4 is 14.2 Å². The first-order valence-electron chi connectivity index (χ1n) is 21.3. The first-order valence-corrected chi connectivity index (χ1v) is 22.1. The summed E-state index contributed by atoms with van der Waals surface area (Å²) in [5.41, 5.74) is 9.90. The Balaban J connectivity index is 1.06. The van der Waals surface area contributed by atoms with Crippen LogP contribution in [0.1, 0.15) is 16.7 Å². The van der Waals surface area contributed by atoms with Gasteiger partial charge < -0.3 is 14.2 Å². The third-order valence-corrected chi connectivity index (χ3v) is 11.6. The minimum Gasteiger partial charge on any atom is -0.480 e. The summed E-state index contributed by atoms with van der Waals surface area (Å²) in [6.45, 7) is 0. The van der Waals surface area contributed by atoms with Crippen molar-refractivity contribution in [3.05, 3.63) is 206 Å². The van der Waals surface area contributed by atoms with E-state index in [1.54, 1.807) is 79.1 Å². The number of ether oxygens (including phenoxy) is 3. The number of aromatic nitrogens is 4. The maximum Gasteiger partial charge on any atom is 0.342 e. The van der Waals surface area contributed by atoms with Crippen LogP contribution >= 0.6 is 23.2 Å². The monoisotopic (exact) mass is 961 g/mol. The molecule has 9 aromatic rings. The molecule has 70 heavy (non-hydrogen) atoms. The summed E-state index contributed by atoms with van der Waals surface area (Å²) < 4.78 is 45.5. The average Bonchev–Trinajstić information content (AvgIpc) is 3.39. The van der Waals surface area contributed by atoms with Crippen LogP contribution in [0.4, 0.5) is 20.2 Å². The average molecular weight is 963 g/mol. The molecule has 0 unspecified atom stereocenters. The van der Waals surface area contributed by atoms with E-state index in [2.05, 4.69) is 37.9 Å². The van der Waals surface area contributed by atoms with Crippen molar-refractivity contribution in [3.8, 4) is 103 Å². The minimum atomic E-state index is -0.405. The highest BCUT2D eigenvalue weighted by molar-refractivity contribution is 6.33. The Bertz CT molecular complexity index is 3630. The highest BCUT2D eigenvalue weighted by Gasteiger charge is 2.24. The summed E-state index contributed by atoms with van der Waals surface area (Å²) in [5.74, 6) is -0.157. The second-order valence-electron chi connectivity index (χ2n) is 15.3. The number of benzene rings is 5. The van der Waals surface area contributed by atoms with Crippen LogP contribution in [0.5, 0.6) is 17.6 Å². The van der Waals surface area contributed by atoms with Gasteiger partial charge in [0.25, 0.3) is 0 Å². The Kier molecular flexibility index (Phi) is 13.5. The molecule has 0 fully saturated rings. The largest absolute Gasteiger partial charge is 0.480 e. The van der Waals surface area contributed by atoms with Crippen molar-refractivity contribution in [3.63, 3.8) is 0 Å². The number of pyridine rings is 4. The molecule has 4 aromatic heterocycles. The fraction of sp³-hybridized carbons (Fsp3) is 0.0536. The third kappa shape index (κ3) is 9.85. The summed E-state index contributed by atoms with van der Waals surface area (Å²) in [7, 11) is 4.46. The summed E-state index contributed by atoms with van der Waals surface area (Å²) in [5, 5.41) is 10.8. The summed E-state index contributed by atoms with van der Waals surface area (Å²) in [6, 6.07) is 49.5. The van der Waals surface area contributed by atoms with Gasteiger partial charge >= 0.3 is 23.5 Å². The van der Waals surface area contributed by atoms with Crippen LogP contribution in [-0.4, -0.2) is 41.3 Å². The molecule has 9 rings (SSSR count). The van der Waals surface area contributed by atoms with Crippen molar-refractivity contribution < 1.29 is 23.0 Å². The second-order valence-corrected chi connectivity index (χ2v) is 16.2. The van der Waals surface area contributed by atoms with Gasteiger partial charge in [-0.1, -0.05) is 59.6 Å². The Morgan fingerprint density at radius 3 is 1.49 bits per heavy atom. The van der Waals surface area contributed by atoms with Crippen LogP contribution in [0, 0.1) is 35.1 Å². The molecule has 338 valence electrons. The lowest BCUT2D eigenvalue weighted by Gasteiger charge is -2.11. The van der Waals surface area contributed by atoms with E-state index in [0.717, 1.165) is 16.7 Å². The van der Waals surface area contributed by atoms with E-state index < -0.39 is 5.82 Å². The van der Waals surface area contributed by atoms with E-state index in [4.69, 9.17) is 47.4 Å². The zero-order valence-corrected chi connectivity index (χ0v) is 38.9. The quantitative estimate of drug-likeness (QED) is 0.141. The number of halogens is 4. The van der Waals surface area contributed by atoms with Gasteiger partial charge in [-0.3, -0.25) is 4.98 Å². The molecule has 14 heteroatoms. The maximum absolute atomic E-state index is 14.3. The molecule has 0 saturated heterocycles. The number of nitrogens with zero attached hydrogens (tertiary/aromatic N) is 7. The molecule has 5 aromatic carbocycles. The molecular weight excluding hydrogens is 928 g/mol. The van der Waals surface area contributed by atoms with Gasteiger partial charge in [0, 0.05) is 75.1 Å². The Morgan fingerprint density at radius 2 is 0.943 bits per heavy atom. The highest BCUT2D eigenvalue weighted by atomic mass is 35.5. The van der Waals surface area contributed by atoms with E-state index in [-0.39, 0.29) is 23.5 Å². The fourth-order valence-corrected chi connectivity index (χ4v) is 8.08. The van der Waals surface area contributed by atoms with Crippen LogP contribution in [-0.2, 0) is 0 Å². The third-order valence-electron chi connectivity index (χ3n) is 11.1. The van der Waals surface area contributed by atoms with Crippen LogP contribution in [0.2, 0.25) is 10.0 Å². The van der Waals surface area contributed by atoms with Crippen molar-refractivity contribution in [2.75, 3.05) is 21.3 Å². The lowest BCUT2D eigenvalue weighted by Crippen LogP contribution is -1.98. The molecule has 0 aliphatic rings. The van der Waals surface area contributed by atoms with Gasteiger partial charge in [-0.25, -0.2) is 23.7 Å². The minimum absolute atomic E-state index is 0.190. The van der Waals surface area contributed by atoms with Crippen molar-refractivity contribution in [1.29, 1.82) is 5.26 Å².